The van der Waals surface area contributed by atoms with E-state index in [2.05, 4.69) is 5.32 Å². The van der Waals surface area contributed by atoms with E-state index in [9.17, 15) is 9.90 Å². The molecule has 110 valence electrons. The van der Waals surface area contributed by atoms with Crippen LogP contribution in [0, 0.1) is 6.92 Å². The molecule has 0 bridgehead atoms. The van der Waals surface area contributed by atoms with Crippen LogP contribution in [-0.4, -0.2) is 29.3 Å². The Hall–Kier alpha value is -1.55. The lowest BCUT2D eigenvalue weighted by Crippen LogP contribution is -2.52. The quantitative estimate of drug-likeness (QED) is 0.867. The maximum Gasteiger partial charge on any atom is 0.261 e. The predicted octanol–water partition coefficient (Wildman–Crippen LogP) is 2.18. The number of hydrogen-bond donors (Lipinski definition) is 2. The number of hydrogen-bond acceptors (Lipinski definition) is 3. The van der Waals surface area contributed by atoms with Crippen molar-refractivity contribution in [1.82, 2.24) is 5.32 Å². The number of nitrogens with one attached hydrogen (secondary N) is 1. The SMILES string of the molecule is Cc1ccc(OC(C)C(=O)NC2(CO)CCCC2)cc1. The summed E-state index contributed by atoms with van der Waals surface area (Å²) in [4.78, 5) is 12.2. The van der Waals surface area contributed by atoms with Gasteiger partial charge in [0.25, 0.3) is 5.91 Å². The van der Waals surface area contributed by atoms with Crippen LogP contribution in [0.25, 0.3) is 0 Å². The van der Waals surface area contributed by atoms with Gasteiger partial charge in [-0.25, -0.2) is 0 Å². The molecule has 2 N–H and O–H groups in total. The summed E-state index contributed by atoms with van der Waals surface area (Å²) in [7, 11) is 0. The normalized spacial score (nSPS) is 18.6. The molecular weight excluding hydrogens is 254 g/mol. The highest BCUT2D eigenvalue weighted by atomic mass is 16.5. The second kappa shape index (κ2) is 6.27. The van der Waals surface area contributed by atoms with E-state index < -0.39 is 11.6 Å². The highest BCUT2D eigenvalue weighted by molar-refractivity contribution is 5.81. The fourth-order valence-corrected chi connectivity index (χ4v) is 2.61. The van der Waals surface area contributed by atoms with E-state index in [1.165, 1.54) is 0 Å². The molecule has 1 aliphatic rings. The molecule has 1 unspecified atom stereocenters. The molecule has 0 saturated heterocycles. The van der Waals surface area contributed by atoms with Crippen LogP contribution < -0.4 is 10.1 Å². The van der Waals surface area contributed by atoms with E-state index in [1.807, 2.05) is 31.2 Å². The highest BCUT2D eigenvalue weighted by Gasteiger charge is 2.35. The minimum absolute atomic E-state index is 0.00398. The maximum atomic E-state index is 12.2. The van der Waals surface area contributed by atoms with E-state index >= 15 is 0 Å². The summed E-state index contributed by atoms with van der Waals surface area (Å²) in [6.45, 7) is 3.73. The van der Waals surface area contributed by atoms with Gasteiger partial charge in [-0.1, -0.05) is 30.5 Å². The van der Waals surface area contributed by atoms with E-state index in [1.54, 1.807) is 6.92 Å². The van der Waals surface area contributed by atoms with Crippen LogP contribution in [0.15, 0.2) is 24.3 Å². The molecule has 0 spiro atoms. The second-order valence-electron chi connectivity index (χ2n) is 5.71. The third-order valence-electron chi connectivity index (χ3n) is 3.95. The summed E-state index contributed by atoms with van der Waals surface area (Å²) in [5, 5.41) is 12.5. The van der Waals surface area contributed by atoms with Crippen molar-refractivity contribution in [3.8, 4) is 5.75 Å². The van der Waals surface area contributed by atoms with Crippen molar-refractivity contribution in [1.29, 1.82) is 0 Å². The number of aliphatic hydroxyl groups excluding tert-OH is 1. The molecule has 0 heterocycles. The molecule has 0 aromatic heterocycles. The number of carbonyl (C=O) groups is 1. The van der Waals surface area contributed by atoms with Gasteiger partial charge in [0.1, 0.15) is 5.75 Å². The van der Waals surface area contributed by atoms with Crippen molar-refractivity contribution < 1.29 is 14.6 Å². The first-order valence-electron chi connectivity index (χ1n) is 7.21. The first-order chi connectivity index (χ1) is 9.54. The van der Waals surface area contributed by atoms with Gasteiger partial charge in [-0.3, -0.25) is 4.79 Å². The number of aliphatic hydroxyl groups is 1. The van der Waals surface area contributed by atoms with Crippen molar-refractivity contribution in [2.24, 2.45) is 0 Å². The minimum Gasteiger partial charge on any atom is -0.481 e. The summed E-state index contributed by atoms with van der Waals surface area (Å²) in [5.74, 6) is 0.518. The van der Waals surface area contributed by atoms with Gasteiger partial charge in [0.2, 0.25) is 0 Å². The maximum absolute atomic E-state index is 12.2. The topological polar surface area (TPSA) is 58.6 Å². The molecule has 4 heteroatoms. The summed E-state index contributed by atoms with van der Waals surface area (Å²) >= 11 is 0. The smallest absolute Gasteiger partial charge is 0.261 e. The summed E-state index contributed by atoms with van der Waals surface area (Å²) in [6.07, 6.45) is 3.21. The fourth-order valence-electron chi connectivity index (χ4n) is 2.61. The molecule has 1 aromatic rings. The molecular formula is C16H23NO3. The molecule has 1 aromatic carbocycles. The molecule has 20 heavy (non-hydrogen) atoms. The Balaban J connectivity index is 1.93. The van der Waals surface area contributed by atoms with Crippen LogP contribution in [0.5, 0.6) is 5.75 Å². The molecule has 0 aliphatic heterocycles. The zero-order valence-corrected chi connectivity index (χ0v) is 12.2. The Morgan fingerprint density at radius 3 is 2.50 bits per heavy atom. The van der Waals surface area contributed by atoms with Crippen molar-refractivity contribution in [2.75, 3.05) is 6.61 Å². The van der Waals surface area contributed by atoms with Gasteiger partial charge in [0.05, 0.1) is 12.1 Å². The van der Waals surface area contributed by atoms with E-state index in [0.717, 1.165) is 31.2 Å². The van der Waals surface area contributed by atoms with E-state index in [-0.39, 0.29) is 12.5 Å². The average Bonchev–Trinajstić information content (AvgIpc) is 2.90. The lowest BCUT2D eigenvalue weighted by molar-refractivity contribution is -0.129. The molecule has 1 aliphatic carbocycles. The van der Waals surface area contributed by atoms with Gasteiger partial charge in [-0.05, 0) is 38.8 Å². The Kier molecular flexibility index (Phi) is 4.65. The fraction of sp³-hybridized carbons (Fsp3) is 0.562. The van der Waals surface area contributed by atoms with E-state index in [0.29, 0.717) is 5.75 Å². The Labute approximate surface area is 120 Å². The average molecular weight is 277 g/mol. The lowest BCUT2D eigenvalue weighted by Gasteiger charge is -2.29. The van der Waals surface area contributed by atoms with Crippen LogP contribution in [0.3, 0.4) is 0 Å². The zero-order chi connectivity index (χ0) is 14.6. The largest absolute Gasteiger partial charge is 0.481 e. The molecule has 1 fully saturated rings. The van der Waals surface area contributed by atoms with E-state index in [4.69, 9.17) is 4.74 Å². The molecule has 1 atom stereocenters. The van der Waals surface area contributed by atoms with Gasteiger partial charge in [-0.15, -0.1) is 0 Å². The highest BCUT2D eigenvalue weighted by Crippen LogP contribution is 2.29. The third kappa shape index (κ3) is 3.51. The Bertz CT molecular complexity index is 449. The van der Waals surface area contributed by atoms with Crippen LogP contribution in [0.4, 0.5) is 0 Å². The van der Waals surface area contributed by atoms with Gasteiger partial charge < -0.3 is 15.2 Å². The first-order valence-corrected chi connectivity index (χ1v) is 7.21. The molecule has 1 amide bonds. The zero-order valence-electron chi connectivity index (χ0n) is 12.2. The number of rotatable bonds is 5. The van der Waals surface area contributed by atoms with Gasteiger partial charge in [0, 0.05) is 0 Å². The van der Waals surface area contributed by atoms with Crippen LogP contribution in [-0.2, 0) is 4.79 Å². The van der Waals surface area contributed by atoms with Crippen molar-refractivity contribution in [3.05, 3.63) is 29.8 Å². The standard InChI is InChI=1S/C16H23NO3/c1-12-5-7-14(8-6-12)20-13(2)15(19)17-16(11-18)9-3-4-10-16/h5-8,13,18H,3-4,9-11H2,1-2H3,(H,17,19). The number of aryl methyl sites for hydroxylation is 1. The molecule has 2 rings (SSSR count). The van der Waals surface area contributed by atoms with Crippen molar-refractivity contribution >= 4 is 5.91 Å². The summed E-state index contributed by atoms with van der Waals surface area (Å²) < 4.78 is 5.64. The number of amides is 1. The first kappa shape index (κ1) is 14.9. The van der Waals surface area contributed by atoms with Gasteiger partial charge in [-0.2, -0.15) is 0 Å². The number of carbonyl (C=O) groups excluding carboxylic acids is 1. The van der Waals surface area contributed by atoms with Gasteiger partial charge >= 0.3 is 0 Å². The van der Waals surface area contributed by atoms with Crippen molar-refractivity contribution in [2.45, 2.75) is 51.2 Å². The molecule has 0 radical (unpaired) electrons. The minimum atomic E-state index is -0.568. The van der Waals surface area contributed by atoms with Crippen LogP contribution >= 0.6 is 0 Å². The Morgan fingerprint density at radius 2 is 1.95 bits per heavy atom. The summed E-state index contributed by atoms with van der Waals surface area (Å²) in [5.41, 5.74) is 0.710. The predicted molar refractivity (Wildman–Crippen MR) is 77.7 cm³/mol. The van der Waals surface area contributed by atoms with Gasteiger partial charge in [0.15, 0.2) is 6.10 Å². The summed E-state index contributed by atoms with van der Waals surface area (Å²) in [6, 6.07) is 7.62. The van der Waals surface area contributed by atoms with Crippen LogP contribution in [0.1, 0.15) is 38.2 Å². The number of ether oxygens (including phenoxy) is 1. The van der Waals surface area contributed by atoms with Crippen LogP contribution in [0.2, 0.25) is 0 Å². The number of benzene rings is 1. The Morgan fingerprint density at radius 1 is 1.35 bits per heavy atom. The molecule has 1 saturated carbocycles. The monoisotopic (exact) mass is 277 g/mol. The third-order valence-corrected chi connectivity index (χ3v) is 3.95. The van der Waals surface area contributed by atoms with Crippen molar-refractivity contribution in [3.63, 3.8) is 0 Å². The second-order valence-corrected chi connectivity index (χ2v) is 5.71. The molecule has 4 nitrogen and oxygen atoms in total. The lowest BCUT2D eigenvalue weighted by atomic mass is 9.98.